The van der Waals surface area contributed by atoms with Gasteiger partial charge in [-0.3, -0.25) is 15.0 Å². The van der Waals surface area contributed by atoms with Crippen molar-refractivity contribution in [1.29, 1.82) is 0 Å². The van der Waals surface area contributed by atoms with E-state index in [0.29, 0.717) is 11.3 Å². The molecule has 0 aromatic carbocycles. The summed E-state index contributed by atoms with van der Waals surface area (Å²) in [6.45, 7) is 1.87. The number of nitrogens with one attached hydrogen (secondary N) is 1. The molecule has 2 aromatic rings. The van der Waals surface area contributed by atoms with Crippen molar-refractivity contribution in [1.82, 2.24) is 15.2 Å². The summed E-state index contributed by atoms with van der Waals surface area (Å²) in [4.78, 5) is 25.2. The number of carbonyl (C=O) groups is 1. The van der Waals surface area contributed by atoms with E-state index in [1.54, 1.807) is 24.1 Å². The first kappa shape index (κ1) is 14.8. The number of nitrogens with two attached hydrogens (primary N) is 1. The maximum Gasteiger partial charge on any atom is 0.301 e. The summed E-state index contributed by atoms with van der Waals surface area (Å²) in [7, 11) is 3.66. The van der Waals surface area contributed by atoms with Crippen LogP contribution in [0.5, 0.6) is 0 Å². The number of hydrogen-bond acceptors (Lipinski definition) is 6. The highest BCUT2D eigenvalue weighted by Crippen LogP contribution is 2.15. The zero-order valence-electron chi connectivity index (χ0n) is 12.1. The van der Waals surface area contributed by atoms with Crippen molar-refractivity contribution in [3.05, 3.63) is 45.8 Å². The normalized spacial score (nSPS) is 10.5. The van der Waals surface area contributed by atoms with Crippen LogP contribution >= 0.6 is 0 Å². The summed E-state index contributed by atoms with van der Waals surface area (Å²) in [6, 6.07) is 3.16. The van der Waals surface area contributed by atoms with Gasteiger partial charge in [0.1, 0.15) is 12.3 Å². The molecule has 21 heavy (non-hydrogen) atoms. The molecule has 0 bridgehead atoms. The number of anilines is 1. The van der Waals surface area contributed by atoms with Gasteiger partial charge in [0.2, 0.25) is 0 Å². The molecule has 0 aliphatic carbocycles. The molecule has 0 saturated carbocycles. The molecule has 0 unspecified atom stereocenters. The highest BCUT2D eigenvalue weighted by atomic mass is 16.4. The average molecular weight is 291 g/mol. The van der Waals surface area contributed by atoms with E-state index in [4.69, 9.17) is 10.3 Å². The van der Waals surface area contributed by atoms with E-state index in [2.05, 4.69) is 5.10 Å². The maximum absolute atomic E-state index is 12.0. The second kappa shape index (κ2) is 5.80. The monoisotopic (exact) mass is 291 g/mol. The lowest BCUT2D eigenvalue weighted by atomic mass is 10.2. The van der Waals surface area contributed by atoms with E-state index < -0.39 is 5.91 Å². The minimum Gasteiger partial charge on any atom is -0.454 e. The molecule has 8 heteroatoms. The van der Waals surface area contributed by atoms with Gasteiger partial charge in [-0.2, -0.15) is 5.10 Å². The Balaban J connectivity index is 2.27. The highest BCUT2D eigenvalue weighted by molar-refractivity contribution is 5.92. The van der Waals surface area contributed by atoms with Gasteiger partial charge in [0.15, 0.2) is 5.76 Å². The van der Waals surface area contributed by atoms with E-state index in [9.17, 15) is 9.59 Å². The number of amides is 1. The molecule has 0 radical (unpaired) electrons. The summed E-state index contributed by atoms with van der Waals surface area (Å²) >= 11 is 0. The van der Waals surface area contributed by atoms with Crippen molar-refractivity contribution in [2.24, 2.45) is 5.84 Å². The smallest absolute Gasteiger partial charge is 0.301 e. The van der Waals surface area contributed by atoms with E-state index in [1.807, 2.05) is 19.5 Å². The molecule has 2 rings (SSSR count). The van der Waals surface area contributed by atoms with Crippen molar-refractivity contribution in [3.8, 4) is 0 Å². The van der Waals surface area contributed by atoms with Crippen LogP contribution in [0.25, 0.3) is 0 Å². The van der Waals surface area contributed by atoms with E-state index in [0.717, 1.165) is 5.69 Å². The fourth-order valence-electron chi connectivity index (χ4n) is 1.85. The molecule has 0 spiro atoms. The third-order valence-corrected chi connectivity index (χ3v) is 2.98. The van der Waals surface area contributed by atoms with E-state index in [-0.39, 0.29) is 17.9 Å². The van der Waals surface area contributed by atoms with Gasteiger partial charge in [0.05, 0.1) is 11.9 Å². The number of rotatable bonds is 4. The average Bonchev–Trinajstić information content (AvgIpc) is 2.81. The summed E-state index contributed by atoms with van der Waals surface area (Å²) in [6.07, 6.45) is 1.59. The number of aromatic nitrogens is 2. The Labute approximate surface area is 121 Å². The zero-order valence-corrected chi connectivity index (χ0v) is 12.1. The van der Waals surface area contributed by atoms with Gasteiger partial charge >= 0.3 is 5.91 Å². The van der Waals surface area contributed by atoms with Gasteiger partial charge in [-0.1, -0.05) is 0 Å². The fourth-order valence-corrected chi connectivity index (χ4v) is 1.85. The lowest BCUT2D eigenvalue weighted by molar-refractivity contribution is 0.0923. The zero-order chi connectivity index (χ0) is 15.6. The largest absolute Gasteiger partial charge is 0.454 e. The quantitative estimate of drug-likeness (QED) is 0.461. The van der Waals surface area contributed by atoms with Gasteiger partial charge in [-0.25, -0.2) is 10.5 Å². The van der Waals surface area contributed by atoms with Crippen molar-refractivity contribution in [2.75, 3.05) is 19.0 Å². The summed E-state index contributed by atoms with van der Waals surface area (Å²) in [5, 5.41) is 4.08. The second-order valence-electron chi connectivity index (χ2n) is 4.80. The predicted molar refractivity (Wildman–Crippen MR) is 77.0 cm³/mol. The lowest BCUT2D eigenvalue weighted by Crippen LogP contribution is -2.30. The van der Waals surface area contributed by atoms with Gasteiger partial charge < -0.3 is 9.32 Å². The molecule has 3 N–H and O–H groups in total. The predicted octanol–water partition coefficient (Wildman–Crippen LogP) is -0.137. The Morgan fingerprint density at radius 2 is 2.19 bits per heavy atom. The molecule has 0 saturated heterocycles. The molecule has 0 fully saturated rings. The van der Waals surface area contributed by atoms with Crippen molar-refractivity contribution < 1.29 is 9.21 Å². The van der Waals surface area contributed by atoms with Crippen LogP contribution in [-0.4, -0.2) is 29.8 Å². The molecule has 112 valence electrons. The van der Waals surface area contributed by atoms with Crippen molar-refractivity contribution in [3.63, 3.8) is 0 Å². The summed E-state index contributed by atoms with van der Waals surface area (Å²) < 4.78 is 6.66. The van der Waals surface area contributed by atoms with Crippen LogP contribution in [0.3, 0.4) is 0 Å². The molecule has 8 nitrogen and oxygen atoms in total. The highest BCUT2D eigenvalue weighted by Gasteiger charge is 2.15. The summed E-state index contributed by atoms with van der Waals surface area (Å²) in [5.41, 5.74) is 3.12. The Morgan fingerprint density at radius 1 is 1.48 bits per heavy atom. The SMILES string of the molecule is Cc1cc(Cn2ncc(N(C)C)cc2=O)oc1C(=O)NN. The van der Waals surface area contributed by atoms with E-state index >= 15 is 0 Å². The first-order valence-electron chi connectivity index (χ1n) is 6.27. The topological polar surface area (TPSA) is 106 Å². The number of nitrogen functional groups attached to an aromatic ring is 1. The number of carbonyl (C=O) groups excluding carboxylic acids is 1. The second-order valence-corrected chi connectivity index (χ2v) is 4.80. The maximum atomic E-state index is 12.0. The number of furan rings is 1. The lowest BCUT2D eigenvalue weighted by Gasteiger charge is -2.11. The van der Waals surface area contributed by atoms with Crippen LogP contribution in [0.1, 0.15) is 21.9 Å². The molecule has 2 heterocycles. The van der Waals surface area contributed by atoms with Crippen LogP contribution < -0.4 is 21.7 Å². The Bertz CT molecular complexity index is 717. The third kappa shape index (κ3) is 3.11. The van der Waals surface area contributed by atoms with Gasteiger partial charge in [-0.05, 0) is 13.0 Å². The molecule has 1 amide bonds. The molecule has 0 atom stereocenters. The first-order valence-corrected chi connectivity index (χ1v) is 6.27. The number of hydrazine groups is 1. The fraction of sp³-hybridized carbons (Fsp3) is 0.308. The first-order chi connectivity index (χ1) is 9.92. The van der Waals surface area contributed by atoms with Crippen LogP contribution in [0.2, 0.25) is 0 Å². The Hall–Kier alpha value is -2.61. The van der Waals surface area contributed by atoms with Gasteiger partial charge in [-0.15, -0.1) is 0 Å². The molecule has 2 aromatic heterocycles. The van der Waals surface area contributed by atoms with Crippen LogP contribution in [0.4, 0.5) is 5.69 Å². The standard InChI is InChI=1S/C13H17N5O3/c1-8-4-10(21-12(8)13(20)16-14)7-18-11(19)5-9(6-15-18)17(2)3/h4-6H,7,14H2,1-3H3,(H,16,20). The molecule has 0 aliphatic rings. The number of nitrogens with zero attached hydrogens (tertiary/aromatic N) is 3. The van der Waals surface area contributed by atoms with E-state index in [1.165, 1.54) is 10.7 Å². The Morgan fingerprint density at radius 3 is 2.76 bits per heavy atom. The molecule has 0 aliphatic heterocycles. The minimum atomic E-state index is -0.512. The summed E-state index contributed by atoms with van der Waals surface area (Å²) in [5.74, 6) is 5.15. The van der Waals surface area contributed by atoms with Crippen molar-refractivity contribution in [2.45, 2.75) is 13.5 Å². The number of hydrogen-bond donors (Lipinski definition) is 2. The molecular weight excluding hydrogens is 274 g/mol. The Kier molecular flexibility index (Phi) is 4.08. The minimum absolute atomic E-state index is 0.130. The van der Waals surface area contributed by atoms with Gasteiger partial charge in [0, 0.05) is 25.7 Å². The number of aryl methyl sites for hydroxylation is 1. The third-order valence-electron chi connectivity index (χ3n) is 2.98. The molecular formula is C13H17N5O3. The van der Waals surface area contributed by atoms with Gasteiger partial charge in [0.25, 0.3) is 5.56 Å². The van der Waals surface area contributed by atoms with Crippen LogP contribution in [0, 0.1) is 6.92 Å². The van der Waals surface area contributed by atoms with Crippen LogP contribution in [0.15, 0.2) is 27.5 Å². The van der Waals surface area contributed by atoms with Crippen LogP contribution in [-0.2, 0) is 6.54 Å². The van der Waals surface area contributed by atoms with Crippen molar-refractivity contribution >= 4 is 11.6 Å².